The molecule has 0 fully saturated rings. The summed E-state index contributed by atoms with van der Waals surface area (Å²) >= 11 is 0. The van der Waals surface area contributed by atoms with Crippen molar-refractivity contribution in [2.24, 2.45) is 9.98 Å². The summed E-state index contributed by atoms with van der Waals surface area (Å²) in [6.07, 6.45) is 1.23. The summed E-state index contributed by atoms with van der Waals surface area (Å²) in [5, 5.41) is 7.50. The Bertz CT molecular complexity index is 568. The second kappa shape index (κ2) is 2.44. The molecule has 64 valence electrons. The number of rotatable bonds is 0. The molecule has 0 atom stereocenters. The molecule has 6 nitrogen and oxygen atoms in total. The molecular weight excluding hydrogens is 170 g/mol. The molecule has 1 aliphatic heterocycles. The summed E-state index contributed by atoms with van der Waals surface area (Å²) in [7, 11) is 0. The minimum Gasteiger partial charge on any atom is -0.334 e. The van der Waals surface area contributed by atoms with E-state index in [9.17, 15) is 4.79 Å². The Kier molecular flexibility index (Phi) is 1.42. The van der Waals surface area contributed by atoms with E-state index in [4.69, 9.17) is 5.41 Å². The van der Waals surface area contributed by atoms with Crippen molar-refractivity contribution in [3.8, 4) is 0 Å². The van der Waals surface area contributed by atoms with Crippen LogP contribution in [0.1, 0.15) is 5.69 Å². The molecule has 0 saturated carbocycles. The summed E-state index contributed by atoms with van der Waals surface area (Å²) in [5.74, 6) is -0.0710. The third-order valence-electron chi connectivity index (χ3n) is 1.56. The predicted molar refractivity (Wildman–Crippen MR) is 46.5 cm³/mol. The van der Waals surface area contributed by atoms with Gasteiger partial charge in [-0.15, -0.1) is 0 Å². The third kappa shape index (κ3) is 1.08. The third-order valence-corrected chi connectivity index (χ3v) is 1.56. The van der Waals surface area contributed by atoms with Gasteiger partial charge in [-0.25, -0.2) is 15.0 Å². The average Bonchev–Trinajstić information content (AvgIpc) is 2.09. The van der Waals surface area contributed by atoms with Crippen LogP contribution in [0.2, 0.25) is 0 Å². The largest absolute Gasteiger partial charge is 0.334 e. The molecule has 6 heteroatoms. The predicted octanol–water partition coefficient (Wildman–Crippen LogP) is -1.83. The van der Waals surface area contributed by atoms with Gasteiger partial charge in [-0.05, 0) is 0 Å². The number of hydrogen-bond donors (Lipinski definition) is 2. The quantitative estimate of drug-likeness (QED) is 0.485. The Morgan fingerprint density at radius 2 is 2.31 bits per heavy atom. The lowest BCUT2D eigenvalue weighted by Gasteiger charge is -2.00. The molecule has 0 amide bonds. The van der Waals surface area contributed by atoms with E-state index in [0.717, 1.165) is 0 Å². The van der Waals surface area contributed by atoms with Gasteiger partial charge in [-0.2, -0.15) is 0 Å². The Balaban J connectivity index is 2.95. The number of H-pyrrole nitrogens is 1. The number of fused-ring (bicyclic) bond motifs is 1. The fourth-order valence-electron chi connectivity index (χ4n) is 0.942. The van der Waals surface area contributed by atoms with Crippen LogP contribution in [-0.2, 0) is 0 Å². The lowest BCUT2D eigenvalue weighted by molar-refractivity contribution is 0.989. The van der Waals surface area contributed by atoms with Crippen molar-refractivity contribution >= 4 is 18.8 Å². The van der Waals surface area contributed by atoms with Crippen molar-refractivity contribution in [3.05, 3.63) is 26.9 Å². The number of aromatic amines is 1. The molecule has 1 aromatic rings. The van der Waals surface area contributed by atoms with Crippen LogP contribution in [0.3, 0.4) is 0 Å². The molecule has 2 heterocycles. The zero-order valence-electron chi connectivity index (χ0n) is 6.53. The Morgan fingerprint density at radius 3 is 3.08 bits per heavy atom. The van der Waals surface area contributed by atoms with Gasteiger partial charge in [0.15, 0.2) is 17.0 Å². The second-order valence-electron chi connectivity index (χ2n) is 2.44. The fraction of sp³-hybridized carbons (Fsp3) is 0. The van der Waals surface area contributed by atoms with Gasteiger partial charge in [0, 0.05) is 0 Å². The maximum Gasteiger partial charge on any atom is 0.293 e. The van der Waals surface area contributed by atoms with Crippen molar-refractivity contribution in [2.75, 3.05) is 0 Å². The standard InChI is InChI=1S/C7H5N5O/c1-3-7(13)12-4-5(8)9-2-10-6(4)11-3/h2H,1H2,(H2,8,9,10,11). The number of amidine groups is 1. The molecule has 0 radical (unpaired) electrons. The summed E-state index contributed by atoms with van der Waals surface area (Å²) in [4.78, 5) is 24.7. The number of nitrogens with one attached hydrogen (secondary N) is 2. The van der Waals surface area contributed by atoms with Gasteiger partial charge in [0.05, 0.1) is 0 Å². The first-order chi connectivity index (χ1) is 6.18. The van der Waals surface area contributed by atoms with E-state index in [-0.39, 0.29) is 16.9 Å². The van der Waals surface area contributed by atoms with Crippen molar-refractivity contribution in [1.82, 2.24) is 9.97 Å². The zero-order chi connectivity index (χ0) is 9.42. The van der Waals surface area contributed by atoms with E-state index in [2.05, 4.69) is 26.5 Å². The Hall–Kier alpha value is -2.11. The van der Waals surface area contributed by atoms with Gasteiger partial charge in [0.2, 0.25) is 0 Å². The molecule has 2 N–H and O–H groups in total. The van der Waals surface area contributed by atoms with Crippen molar-refractivity contribution in [2.45, 2.75) is 0 Å². The first kappa shape index (κ1) is 7.53. The molecular formula is C7H5N5O. The minimum atomic E-state index is -0.490. The van der Waals surface area contributed by atoms with Crippen LogP contribution in [-0.4, -0.2) is 22.1 Å². The van der Waals surface area contributed by atoms with E-state index >= 15 is 0 Å². The lowest BCUT2D eigenvalue weighted by atomic mass is 10.4. The fourth-order valence-corrected chi connectivity index (χ4v) is 0.942. The summed E-state index contributed by atoms with van der Waals surface area (Å²) < 4.78 is 0. The lowest BCUT2D eigenvalue weighted by Crippen LogP contribution is -2.40. The molecule has 13 heavy (non-hydrogen) atoms. The monoisotopic (exact) mass is 175 g/mol. The minimum absolute atomic E-state index is 0.0710. The van der Waals surface area contributed by atoms with Gasteiger partial charge in [-0.1, -0.05) is 6.58 Å². The molecule has 1 aliphatic rings. The SMILES string of the molecule is C=c1[nH]c2c(nc1=O)C(=N)N=CN=2. The Morgan fingerprint density at radius 1 is 1.54 bits per heavy atom. The zero-order valence-corrected chi connectivity index (χ0v) is 6.53. The Labute approximate surface area is 71.9 Å². The van der Waals surface area contributed by atoms with Gasteiger partial charge in [-0.3, -0.25) is 10.2 Å². The normalized spacial score (nSPS) is 13.7. The molecule has 0 aliphatic carbocycles. The van der Waals surface area contributed by atoms with Crippen LogP contribution in [0.5, 0.6) is 0 Å². The first-order valence-electron chi connectivity index (χ1n) is 3.47. The van der Waals surface area contributed by atoms with Gasteiger partial charge >= 0.3 is 0 Å². The van der Waals surface area contributed by atoms with Crippen molar-refractivity contribution < 1.29 is 0 Å². The van der Waals surface area contributed by atoms with Gasteiger partial charge < -0.3 is 4.98 Å². The maximum absolute atomic E-state index is 11.0. The highest BCUT2D eigenvalue weighted by molar-refractivity contribution is 6.00. The van der Waals surface area contributed by atoms with Crippen LogP contribution in [0.25, 0.3) is 6.58 Å². The van der Waals surface area contributed by atoms with Crippen molar-refractivity contribution in [3.63, 3.8) is 0 Å². The maximum atomic E-state index is 11.0. The van der Waals surface area contributed by atoms with Crippen LogP contribution in [0.4, 0.5) is 0 Å². The number of nitrogens with zero attached hydrogens (tertiary/aromatic N) is 3. The van der Waals surface area contributed by atoms with E-state index in [1.54, 1.807) is 0 Å². The molecule has 0 bridgehead atoms. The summed E-state index contributed by atoms with van der Waals surface area (Å²) in [6, 6.07) is 0. The van der Waals surface area contributed by atoms with Crippen LogP contribution in [0, 0.1) is 5.41 Å². The molecule has 0 aromatic carbocycles. The van der Waals surface area contributed by atoms with E-state index in [1.165, 1.54) is 6.34 Å². The van der Waals surface area contributed by atoms with E-state index < -0.39 is 5.56 Å². The molecule has 1 aromatic heterocycles. The summed E-state index contributed by atoms with van der Waals surface area (Å²) in [6.45, 7) is 3.45. The first-order valence-corrected chi connectivity index (χ1v) is 3.47. The molecule has 0 unspecified atom stereocenters. The van der Waals surface area contributed by atoms with Gasteiger partial charge in [0.25, 0.3) is 5.56 Å². The van der Waals surface area contributed by atoms with E-state index in [0.29, 0.717) is 5.49 Å². The van der Waals surface area contributed by atoms with Crippen molar-refractivity contribution in [1.29, 1.82) is 5.41 Å². The smallest absolute Gasteiger partial charge is 0.293 e. The molecule has 0 saturated heterocycles. The highest BCUT2D eigenvalue weighted by atomic mass is 16.1. The molecule has 2 rings (SSSR count). The number of hydrogen-bond acceptors (Lipinski definition) is 4. The van der Waals surface area contributed by atoms with E-state index in [1.807, 2.05) is 0 Å². The topological polar surface area (TPSA) is 94.3 Å². The number of aliphatic imine (C=N–C) groups is 1. The van der Waals surface area contributed by atoms with Gasteiger partial charge in [0.1, 0.15) is 11.7 Å². The summed E-state index contributed by atoms with van der Waals surface area (Å²) in [5.41, 5.74) is 0.0281. The molecule has 0 spiro atoms. The highest BCUT2D eigenvalue weighted by Gasteiger charge is 2.09. The highest BCUT2D eigenvalue weighted by Crippen LogP contribution is 1.87. The van der Waals surface area contributed by atoms with Crippen LogP contribution in [0.15, 0.2) is 14.8 Å². The average molecular weight is 175 g/mol. The second-order valence-corrected chi connectivity index (χ2v) is 2.44. The number of aromatic nitrogens is 2. The van der Waals surface area contributed by atoms with Crippen LogP contribution >= 0.6 is 0 Å². The van der Waals surface area contributed by atoms with Crippen LogP contribution < -0.4 is 16.4 Å².